The lowest BCUT2D eigenvalue weighted by molar-refractivity contribution is 0.733. The first kappa shape index (κ1) is 10.4. The van der Waals surface area contributed by atoms with Gasteiger partial charge in [0.2, 0.25) is 0 Å². The highest BCUT2D eigenvalue weighted by molar-refractivity contribution is 9.08. The first-order valence-corrected chi connectivity index (χ1v) is 6.02. The highest BCUT2D eigenvalue weighted by Crippen LogP contribution is 2.18. The summed E-state index contributed by atoms with van der Waals surface area (Å²) in [7, 11) is 0. The molecule has 1 aromatic carbocycles. The first-order valence-electron chi connectivity index (χ1n) is 4.90. The van der Waals surface area contributed by atoms with Gasteiger partial charge in [0, 0.05) is 12.1 Å². The van der Waals surface area contributed by atoms with Gasteiger partial charge in [-0.3, -0.25) is 0 Å². The second-order valence-corrected chi connectivity index (χ2v) is 3.74. The smallest absolute Gasteiger partial charge is 0.163 e. The molecule has 0 fully saturated rings. The van der Waals surface area contributed by atoms with Crippen LogP contribution in [-0.2, 0) is 11.9 Å². The van der Waals surface area contributed by atoms with E-state index in [1.54, 1.807) is 0 Å². The summed E-state index contributed by atoms with van der Waals surface area (Å²) in [6.45, 7) is 2.99. The lowest BCUT2D eigenvalue weighted by Gasteiger charge is -2.05. The predicted molar refractivity (Wildman–Crippen MR) is 63.8 cm³/mol. The van der Waals surface area contributed by atoms with Crippen molar-refractivity contribution in [1.29, 1.82) is 0 Å². The average molecular weight is 266 g/mol. The summed E-state index contributed by atoms with van der Waals surface area (Å²) in [6, 6.07) is 10.1. The van der Waals surface area contributed by atoms with Crippen molar-refractivity contribution in [3.05, 3.63) is 36.2 Å². The molecule has 0 aliphatic heterocycles. The zero-order chi connectivity index (χ0) is 10.7. The van der Waals surface area contributed by atoms with Crippen LogP contribution in [0, 0.1) is 0 Å². The summed E-state index contributed by atoms with van der Waals surface area (Å²) in [4.78, 5) is 0. The number of nitrogens with zero attached hydrogens (tertiary/aromatic N) is 3. The van der Waals surface area contributed by atoms with E-state index in [1.807, 2.05) is 30.3 Å². The largest absolute Gasteiger partial charge is 0.311 e. The van der Waals surface area contributed by atoms with Gasteiger partial charge in [-0.25, -0.2) is 0 Å². The molecule has 2 rings (SSSR count). The van der Waals surface area contributed by atoms with Crippen molar-refractivity contribution >= 4 is 15.9 Å². The summed E-state index contributed by atoms with van der Waals surface area (Å²) in [5.41, 5.74) is 1.11. The van der Waals surface area contributed by atoms with Crippen LogP contribution in [0.1, 0.15) is 12.7 Å². The molecule has 0 aliphatic carbocycles. The highest BCUT2D eigenvalue weighted by atomic mass is 79.9. The van der Waals surface area contributed by atoms with E-state index >= 15 is 0 Å². The third-order valence-corrected chi connectivity index (χ3v) is 2.80. The van der Waals surface area contributed by atoms with Gasteiger partial charge in [0.25, 0.3) is 0 Å². The Kier molecular flexibility index (Phi) is 3.16. The fraction of sp³-hybridized carbons (Fsp3) is 0.273. The Balaban J connectivity index is 2.49. The molecule has 0 N–H and O–H groups in total. The quantitative estimate of drug-likeness (QED) is 0.800. The maximum Gasteiger partial charge on any atom is 0.163 e. The summed E-state index contributed by atoms with van der Waals surface area (Å²) in [5, 5.41) is 9.10. The summed E-state index contributed by atoms with van der Waals surface area (Å²) < 4.78 is 2.12. The van der Waals surface area contributed by atoms with Gasteiger partial charge >= 0.3 is 0 Å². The van der Waals surface area contributed by atoms with Gasteiger partial charge in [-0.05, 0) is 6.92 Å². The number of hydrogen-bond donors (Lipinski definition) is 0. The number of rotatable bonds is 3. The van der Waals surface area contributed by atoms with Crippen LogP contribution >= 0.6 is 15.9 Å². The minimum atomic E-state index is 0.737. The fourth-order valence-corrected chi connectivity index (χ4v) is 1.98. The van der Waals surface area contributed by atoms with Crippen LogP contribution < -0.4 is 0 Å². The van der Waals surface area contributed by atoms with E-state index in [-0.39, 0.29) is 0 Å². The Morgan fingerprint density at radius 2 is 1.93 bits per heavy atom. The molecule has 0 radical (unpaired) electrons. The minimum Gasteiger partial charge on any atom is -0.311 e. The van der Waals surface area contributed by atoms with Crippen LogP contribution in [0.25, 0.3) is 11.4 Å². The third kappa shape index (κ3) is 1.95. The Morgan fingerprint density at radius 1 is 1.20 bits per heavy atom. The molecule has 2 aromatic rings. The van der Waals surface area contributed by atoms with Crippen molar-refractivity contribution in [2.75, 3.05) is 0 Å². The fourth-order valence-electron chi connectivity index (χ4n) is 1.57. The van der Waals surface area contributed by atoms with Gasteiger partial charge in [-0.15, -0.1) is 10.2 Å². The Morgan fingerprint density at radius 3 is 2.53 bits per heavy atom. The predicted octanol–water partition coefficient (Wildman–Crippen LogP) is 2.86. The molecule has 0 saturated carbocycles. The number of hydrogen-bond acceptors (Lipinski definition) is 2. The third-order valence-electron chi connectivity index (χ3n) is 2.30. The second-order valence-electron chi connectivity index (χ2n) is 3.18. The Labute approximate surface area is 97.3 Å². The van der Waals surface area contributed by atoms with Crippen LogP contribution in [0.5, 0.6) is 0 Å². The van der Waals surface area contributed by atoms with Crippen molar-refractivity contribution in [3.63, 3.8) is 0 Å². The summed E-state index contributed by atoms with van der Waals surface area (Å²) >= 11 is 3.41. The Bertz CT molecular complexity index is 436. The van der Waals surface area contributed by atoms with Crippen molar-refractivity contribution < 1.29 is 0 Å². The average Bonchev–Trinajstić information content (AvgIpc) is 2.72. The van der Waals surface area contributed by atoms with Gasteiger partial charge in [0.05, 0.1) is 5.33 Å². The maximum atomic E-state index is 4.21. The van der Waals surface area contributed by atoms with E-state index < -0.39 is 0 Å². The molecule has 1 aromatic heterocycles. The van der Waals surface area contributed by atoms with E-state index in [4.69, 9.17) is 0 Å². The van der Waals surface area contributed by atoms with Crippen molar-refractivity contribution in [2.24, 2.45) is 0 Å². The first-order chi connectivity index (χ1) is 7.36. The zero-order valence-corrected chi connectivity index (χ0v) is 10.1. The Hall–Kier alpha value is -1.16. The molecule has 0 atom stereocenters. The van der Waals surface area contributed by atoms with Gasteiger partial charge < -0.3 is 4.57 Å². The maximum absolute atomic E-state index is 4.21. The summed E-state index contributed by atoms with van der Waals surface area (Å²) in [6.07, 6.45) is 0. The molecule has 78 valence electrons. The van der Waals surface area contributed by atoms with E-state index in [0.29, 0.717) is 0 Å². The molecular formula is C11H12BrN3. The molecule has 0 amide bonds. The van der Waals surface area contributed by atoms with Gasteiger partial charge in [-0.2, -0.15) is 0 Å². The molecule has 0 saturated heterocycles. The lowest BCUT2D eigenvalue weighted by atomic mass is 10.2. The molecule has 1 heterocycles. The number of alkyl halides is 1. The van der Waals surface area contributed by atoms with Crippen LogP contribution in [0.3, 0.4) is 0 Å². The van der Waals surface area contributed by atoms with E-state index in [9.17, 15) is 0 Å². The lowest BCUT2D eigenvalue weighted by Crippen LogP contribution is -2.01. The number of halogens is 1. The molecule has 0 bridgehead atoms. The van der Waals surface area contributed by atoms with Gasteiger partial charge in [0.1, 0.15) is 5.82 Å². The molecule has 15 heavy (non-hydrogen) atoms. The van der Waals surface area contributed by atoms with Crippen LogP contribution in [0.2, 0.25) is 0 Å². The molecular weight excluding hydrogens is 254 g/mol. The molecule has 4 heteroatoms. The SMILES string of the molecule is CCn1c(CBr)nnc1-c1ccccc1. The second kappa shape index (κ2) is 4.57. The van der Waals surface area contributed by atoms with Gasteiger partial charge in [0.15, 0.2) is 5.82 Å². The molecule has 0 unspecified atom stereocenters. The number of aromatic nitrogens is 3. The number of benzene rings is 1. The summed E-state index contributed by atoms with van der Waals surface area (Å²) in [5.74, 6) is 1.91. The van der Waals surface area contributed by atoms with Gasteiger partial charge in [-0.1, -0.05) is 46.3 Å². The van der Waals surface area contributed by atoms with Crippen molar-refractivity contribution in [2.45, 2.75) is 18.8 Å². The van der Waals surface area contributed by atoms with Crippen LogP contribution in [0.15, 0.2) is 30.3 Å². The van der Waals surface area contributed by atoms with E-state index in [2.05, 4.69) is 37.6 Å². The van der Waals surface area contributed by atoms with Crippen molar-refractivity contribution in [3.8, 4) is 11.4 Å². The van der Waals surface area contributed by atoms with E-state index in [1.165, 1.54) is 0 Å². The van der Waals surface area contributed by atoms with Crippen LogP contribution in [-0.4, -0.2) is 14.8 Å². The molecule has 3 nitrogen and oxygen atoms in total. The van der Waals surface area contributed by atoms with E-state index in [0.717, 1.165) is 29.1 Å². The zero-order valence-electron chi connectivity index (χ0n) is 8.52. The standard InChI is InChI=1S/C11H12BrN3/c1-2-15-10(8-12)13-14-11(15)9-6-4-3-5-7-9/h3-7H,2,8H2,1H3. The van der Waals surface area contributed by atoms with Crippen molar-refractivity contribution in [1.82, 2.24) is 14.8 Å². The molecule has 0 aliphatic rings. The topological polar surface area (TPSA) is 30.7 Å². The normalized spacial score (nSPS) is 10.5. The minimum absolute atomic E-state index is 0.737. The monoisotopic (exact) mass is 265 g/mol. The molecule has 0 spiro atoms. The highest BCUT2D eigenvalue weighted by Gasteiger charge is 2.10. The van der Waals surface area contributed by atoms with Crippen LogP contribution in [0.4, 0.5) is 0 Å².